The molecule has 2 rings (SSSR count). The van der Waals surface area contributed by atoms with Gasteiger partial charge in [0.15, 0.2) is 0 Å². The number of nitrogens with two attached hydrogens (primary N) is 1. The van der Waals surface area contributed by atoms with E-state index in [9.17, 15) is 8.78 Å². The minimum Gasteiger partial charge on any atom is -0.337 e. The van der Waals surface area contributed by atoms with E-state index >= 15 is 0 Å². The van der Waals surface area contributed by atoms with Crippen molar-refractivity contribution in [3.63, 3.8) is 0 Å². The zero-order chi connectivity index (χ0) is 14.5. The third kappa shape index (κ3) is 3.00. The van der Waals surface area contributed by atoms with Crippen molar-refractivity contribution < 1.29 is 8.78 Å². The van der Waals surface area contributed by atoms with Crippen molar-refractivity contribution >= 4 is 17.3 Å². The second-order valence-corrected chi connectivity index (χ2v) is 4.19. The molecule has 0 saturated heterocycles. The van der Waals surface area contributed by atoms with Gasteiger partial charge in [0.1, 0.15) is 29.6 Å². The Balaban J connectivity index is 2.39. The molecule has 0 aliphatic rings. The maximum absolute atomic E-state index is 13.6. The normalized spacial score (nSPS) is 10.4. The number of hydrogen-bond donors (Lipinski definition) is 3. The molecule has 5 nitrogen and oxygen atoms in total. The molecule has 20 heavy (non-hydrogen) atoms. The number of halogens is 2. The molecule has 1 aromatic carbocycles. The molecule has 0 saturated carbocycles. The molecule has 0 unspecified atom stereocenters. The van der Waals surface area contributed by atoms with Crippen molar-refractivity contribution in [1.29, 1.82) is 0 Å². The summed E-state index contributed by atoms with van der Waals surface area (Å²) in [6.07, 6.45) is 2.79. The van der Waals surface area contributed by atoms with Crippen molar-refractivity contribution in [3.8, 4) is 0 Å². The highest BCUT2D eigenvalue weighted by Crippen LogP contribution is 2.26. The topological polar surface area (TPSA) is 75.9 Å². The molecule has 4 N–H and O–H groups in total. The van der Waals surface area contributed by atoms with Gasteiger partial charge in [-0.1, -0.05) is 13.3 Å². The summed E-state index contributed by atoms with van der Waals surface area (Å²) in [4.78, 5) is 8.07. The van der Waals surface area contributed by atoms with Crippen LogP contribution >= 0.6 is 0 Å². The minimum atomic E-state index is -0.560. The van der Waals surface area contributed by atoms with Gasteiger partial charge in [0.25, 0.3) is 0 Å². The maximum Gasteiger partial charge on any atom is 0.148 e. The second kappa shape index (κ2) is 6.25. The van der Waals surface area contributed by atoms with Crippen molar-refractivity contribution in [2.24, 2.45) is 5.84 Å². The predicted octanol–water partition coefficient (Wildman–Crippen LogP) is 2.74. The summed E-state index contributed by atoms with van der Waals surface area (Å²) >= 11 is 0. The van der Waals surface area contributed by atoms with Gasteiger partial charge in [-0.15, -0.1) is 0 Å². The molecule has 0 bridgehead atoms. The molecule has 7 heteroatoms. The van der Waals surface area contributed by atoms with Crippen molar-refractivity contribution in [2.75, 3.05) is 10.7 Å². The molecule has 0 atom stereocenters. The SMILES string of the molecule is CCCc1c(NN)ncnc1Nc1cc(F)ccc1F. The first kappa shape index (κ1) is 14.1. The molecule has 2 aromatic rings. The average Bonchev–Trinajstić information content (AvgIpc) is 2.45. The van der Waals surface area contributed by atoms with E-state index in [-0.39, 0.29) is 5.69 Å². The predicted molar refractivity (Wildman–Crippen MR) is 73.5 cm³/mol. The third-order valence-corrected chi connectivity index (χ3v) is 2.76. The number of rotatable bonds is 5. The molecule has 0 fully saturated rings. The van der Waals surface area contributed by atoms with Crippen LogP contribution in [0.5, 0.6) is 0 Å². The molecule has 1 heterocycles. The number of aromatic nitrogens is 2. The van der Waals surface area contributed by atoms with E-state index in [4.69, 9.17) is 5.84 Å². The van der Waals surface area contributed by atoms with E-state index in [1.165, 1.54) is 6.33 Å². The highest BCUT2D eigenvalue weighted by atomic mass is 19.1. The van der Waals surface area contributed by atoms with Crippen LogP contribution in [-0.2, 0) is 6.42 Å². The quantitative estimate of drug-likeness (QED) is 0.579. The van der Waals surface area contributed by atoms with Gasteiger partial charge in [-0.3, -0.25) is 0 Å². The number of nitrogens with zero attached hydrogens (tertiary/aromatic N) is 2. The first-order chi connectivity index (χ1) is 9.65. The lowest BCUT2D eigenvalue weighted by Gasteiger charge is -2.13. The number of anilines is 3. The molecule has 106 valence electrons. The molecule has 0 aliphatic carbocycles. The third-order valence-electron chi connectivity index (χ3n) is 2.76. The van der Waals surface area contributed by atoms with Crippen LogP contribution < -0.4 is 16.6 Å². The van der Waals surface area contributed by atoms with Crippen LogP contribution in [0.1, 0.15) is 18.9 Å². The molecule has 0 aliphatic heterocycles. The van der Waals surface area contributed by atoms with Crippen LogP contribution in [0.15, 0.2) is 24.5 Å². The van der Waals surface area contributed by atoms with Gasteiger partial charge in [-0.25, -0.2) is 24.6 Å². The summed E-state index contributed by atoms with van der Waals surface area (Å²) in [5.74, 6) is 5.17. The Morgan fingerprint density at radius 1 is 1.20 bits per heavy atom. The van der Waals surface area contributed by atoms with Gasteiger partial charge < -0.3 is 10.7 Å². The Hall–Kier alpha value is -2.28. The standard InChI is InChI=1S/C13H15F2N5/c1-2-3-9-12(17-7-18-13(9)20-16)19-11-6-8(14)4-5-10(11)15/h4-7H,2-3,16H2,1H3,(H2,17,18,19,20). The number of hydrazine groups is 1. The van der Waals surface area contributed by atoms with Crippen molar-refractivity contribution in [1.82, 2.24) is 9.97 Å². The lowest BCUT2D eigenvalue weighted by Crippen LogP contribution is -2.13. The lowest BCUT2D eigenvalue weighted by molar-refractivity contribution is 0.603. The van der Waals surface area contributed by atoms with Crippen LogP contribution in [0, 0.1) is 11.6 Å². The highest BCUT2D eigenvalue weighted by Gasteiger charge is 2.12. The van der Waals surface area contributed by atoms with E-state index < -0.39 is 11.6 Å². The molecule has 1 aromatic heterocycles. The molecule has 0 radical (unpaired) electrons. The summed E-state index contributed by atoms with van der Waals surface area (Å²) in [5, 5.41) is 2.78. The van der Waals surface area contributed by atoms with Crippen LogP contribution in [-0.4, -0.2) is 9.97 Å². The molecular weight excluding hydrogens is 264 g/mol. The van der Waals surface area contributed by atoms with Crippen LogP contribution in [0.2, 0.25) is 0 Å². The Morgan fingerprint density at radius 3 is 2.65 bits per heavy atom. The van der Waals surface area contributed by atoms with Gasteiger partial charge in [0, 0.05) is 11.6 Å². The van der Waals surface area contributed by atoms with Crippen molar-refractivity contribution in [3.05, 3.63) is 41.7 Å². The van der Waals surface area contributed by atoms with E-state index in [2.05, 4.69) is 20.7 Å². The van der Waals surface area contributed by atoms with Gasteiger partial charge in [0.2, 0.25) is 0 Å². The van der Waals surface area contributed by atoms with Crippen molar-refractivity contribution in [2.45, 2.75) is 19.8 Å². The fraction of sp³-hybridized carbons (Fsp3) is 0.231. The zero-order valence-corrected chi connectivity index (χ0v) is 11.0. The maximum atomic E-state index is 13.6. The largest absolute Gasteiger partial charge is 0.337 e. The summed E-state index contributed by atoms with van der Waals surface area (Å²) in [6, 6.07) is 3.18. The Morgan fingerprint density at radius 2 is 1.95 bits per heavy atom. The molecule has 0 spiro atoms. The fourth-order valence-electron chi connectivity index (χ4n) is 1.85. The minimum absolute atomic E-state index is 0.0176. The molecular formula is C13H15F2N5. The Labute approximate surface area is 115 Å². The monoisotopic (exact) mass is 279 g/mol. The first-order valence-electron chi connectivity index (χ1n) is 6.18. The van der Waals surface area contributed by atoms with Gasteiger partial charge >= 0.3 is 0 Å². The summed E-state index contributed by atoms with van der Waals surface area (Å²) in [6.45, 7) is 1.99. The summed E-state index contributed by atoms with van der Waals surface area (Å²) < 4.78 is 26.8. The fourth-order valence-corrected chi connectivity index (χ4v) is 1.85. The number of hydrogen-bond acceptors (Lipinski definition) is 5. The van der Waals surface area contributed by atoms with Crippen LogP contribution in [0.4, 0.5) is 26.1 Å². The Kier molecular flexibility index (Phi) is 4.41. The van der Waals surface area contributed by atoms with Crippen LogP contribution in [0.3, 0.4) is 0 Å². The number of nitrogen functional groups attached to an aromatic ring is 1. The average molecular weight is 279 g/mol. The van der Waals surface area contributed by atoms with Crippen LogP contribution in [0.25, 0.3) is 0 Å². The lowest BCUT2D eigenvalue weighted by atomic mass is 10.1. The number of nitrogens with one attached hydrogen (secondary N) is 2. The summed E-state index contributed by atoms with van der Waals surface area (Å²) in [5.41, 5.74) is 3.21. The van der Waals surface area contributed by atoms with E-state index in [1.807, 2.05) is 6.92 Å². The second-order valence-electron chi connectivity index (χ2n) is 4.19. The van der Waals surface area contributed by atoms with E-state index in [0.29, 0.717) is 18.1 Å². The van der Waals surface area contributed by atoms with Gasteiger partial charge in [-0.2, -0.15) is 0 Å². The summed E-state index contributed by atoms with van der Waals surface area (Å²) in [7, 11) is 0. The van der Waals surface area contributed by atoms with Gasteiger partial charge in [0.05, 0.1) is 5.69 Å². The zero-order valence-electron chi connectivity index (χ0n) is 11.0. The molecule has 0 amide bonds. The van der Waals surface area contributed by atoms with E-state index in [0.717, 1.165) is 30.2 Å². The van der Waals surface area contributed by atoms with Gasteiger partial charge in [-0.05, 0) is 18.6 Å². The number of benzene rings is 1. The highest BCUT2D eigenvalue weighted by molar-refractivity contribution is 5.65. The first-order valence-corrected chi connectivity index (χ1v) is 6.18. The Bertz CT molecular complexity index is 603. The smallest absolute Gasteiger partial charge is 0.148 e. The van der Waals surface area contributed by atoms with E-state index in [1.54, 1.807) is 0 Å².